The normalized spacial score (nSPS) is 11.2. The van der Waals surface area contributed by atoms with Crippen LogP contribution in [0.2, 0.25) is 0 Å². The van der Waals surface area contributed by atoms with Crippen molar-refractivity contribution in [3.63, 3.8) is 0 Å². The summed E-state index contributed by atoms with van der Waals surface area (Å²) in [6, 6.07) is 7.17. The van der Waals surface area contributed by atoms with E-state index < -0.39 is 23.8 Å². The Hall–Kier alpha value is -2.92. The Bertz CT molecular complexity index is 813. The van der Waals surface area contributed by atoms with E-state index in [0.29, 0.717) is 10.6 Å². The second kappa shape index (κ2) is 7.57. The molecule has 0 bridgehead atoms. The summed E-state index contributed by atoms with van der Waals surface area (Å²) in [7, 11) is 1.37. The molecule has 1 aromatic carbocycles. The molecule has 0 saturated heterocycles. The van der Waals surface area contributed by atoms with Crippen LogP contribution in [0.15, 0.2) is 29.6 Å². The minimum absolute atomic E-state index is 0.261. The summed E-state index contributed by atoms with van der Waals surface area (Å²) >= 11 is 1.17. The van der Waals surface area contributed by atoms with Crippen LogP contribution in [0, 0.1) is 17.1 Å². The Morgan fingerprint density at radius 3 is 2.75 bits per heavy atom. The molecule has 1 heterocycles. The number of nitriles is 1. The van der Waals surface area contributed by atoms with Gasteiger partial charge in [-0.25, -0.2) is 9.18 Å². The maximum atomic E-state index is 13.8. The molecule has 2 aromatic rings. The predicted molar refractivity (Wildman–Crippen MR) is 85.5 cm³/mol. The van der Waals surface area contributed by atoms with E-state index >= 15 is 0 Å². The Kier molecular flexibility index (Phi) is 5.50. The number of methoxy groups -OCH3 is 1. The first-order valence-electron chi connectivity index (χ1n) is 6.79. The van der Waals surface area contributed by atoms with Gasteiger partial charge in [-0.05, 0) is 30.5 Å². The number of carbonyl (C=O) groups excluding carboxylic acids is 2. The van der Waals surface area contributed by atoms with Crippen molar-refractivity contribution < 1.29 is 23.5 Å². The van der Waals surface area contributed by atoms with Gasteiger partial charge < -0.3 is 14.8 Å². The molecule has 0 aliphatic carbocycles. The molecule has 0 radical (unpaired) electrons. The topological polar surface area (TPSA) is 88.4 Å². The molecule has 124 valence electrons. The van der Waals surface area contributed by atoms with Crippen molar-refractivity contribution >= 4 is 28.2 Å². The number of amides is 1. The molecule has 1 aromatic heterocycles. The van der Waals surface area contributed by atoms with Crippen LogP contribution >= 0.6 is 11.3 Å². The van der Waals surface area contributed by atoms with Gasteiger partial charge in [0.1, 0.15) is 22.6 Å². The average Bonchev–Trinajstić information content (AvgIpc) is 3.01. The van der Waals surface area contributed by atoms with E-state index in [1.165, 1.54) is 37.5 Å². The van der Waals surface area contributed by atoms with Crippen LogP contribution in [0.1, 0.15) is 22.8 Å². The Morgan fingerprint density at radius 1 is 1.38 bits per heavy atom. The summed E-state index contributed by atoms with van der Waals surface area (Å²) in [5.41, 5.74) is 0.0114. The van der Waals surface area contributed by atoms with Crippen molar-refractivity contribution in [2.24, 2.45) is 0 Å². The largest absolute Gasteiger partial charge is 0.497 e. The van der Waals surface area contributed by atoms with Crippen LogP contribution in [0.4, 0.5) is 9.39 Å². The first kappa shape index (κ1) is 17.4. The van der Waals surface area contributed by atoms with E-state index in [-0.39, 0.29) is 11.3 Å². The van der Waals surface area contributed by atoms with Crippen LogP contribution in [0.3, 0.4) is 0 Å². The highest BCUT2D eigenvalue weighted by atomic mass is 32.1. The minimum Gasteiger partial charge on any atom is -0.497 e. The fourth-order valence-corrected chi connectivity index (χ4v) is 2.51. The summed E-state index contributed by atoms with van der Waals surface area (Å²) in [5, 5.41) is 13.4. The van der Waals surface area contributed by atoms with Crippen molar-refractivity contribution in [2.75, 3.05) is 12.4 Å². The van der Waals surface area contributed by atoms with E-state index in [0.717, 1.165) is 6.07 Å². The third kappa shape index (κ3) is 3.88. The van der Waals surface area contributed by atoms with Crippen LogP contribution in [0.5, 0.6) is 5.75 Å². The maximum absolute atomic E-state index is 13.8. The Morgan fingerprint density at radius 2 is 2.12 bits per heavy atom. The molecule has 0 aliphatic rings. The lowest BCUT2D eigenvalue weighted by atomic mass is 10.2. The molecule has 0 fully saturated rings. The van der Waals surface area contributed by atoms with E-state index in [1.807, 2.05) is 6.07 Å². The lowest BCUT2D eigenvalue weighted by molar-refractivity contribution is -0.123. The van der Waals surface area contributed by atoms with Gasteiger partial charge in [0.25, 0.3) is 5.91 Å². The minimum atomic E-state index is -1.16. The molecule has 24 heavy (non-hydrogen) atoms. The van der Waals surface area contributed by atoms with Gasteiger partial charge in [0.15, 0.2) is 6.10 Å². The maximum Gasteiger partial charge on any atom is 0.341 e. The number of hydrogen-bond donors (Lipinski definition) is 1. The highest BCUT2D eigenvalue weighted by Crippen LogP contribution is 2.23. The molecule has 1 N–H and O–H groups in total. The van der Waals surface area contributed by atoms with Crippen LogP contribution in [-0.2, 0) is 9.53 Å². The van der Waals surface area contributed by atoms with Gasteiger partial charge in [0, 0.05) is 6.07 Å². The van der Waals surface area contributed by atoms with Gasteiger partial charge in [-0.2, -0.15) is 5.26 Å². The van der Waals surface area contributed by atoms with E-state index in [9.17, 15) is 14.0 Å². The SMILES string of the molecule is COc1ccc(C(=O)O[C@H](C)C(=O)Nc2sccc2C#N)c(F)c1. The zero-order valence-corrected chi connectivity index (χ0v) is 13.6. The van der Waals surface area contributed by atoms with Crippen LogP contribution < -0.4 is 10.1 Å². The predicted octanol–water partition coefficient (Wildman–Crippen LogP) is 2.95. The molecule has 8 heteroatoms. The summed E-state index contributed by atoms with van der Waals surface area (Å²) in [4.78, 5) is 24.0. The second-order valence-corrected chi connectivity index (χ2v) is 5.57. The van der Waals surface area contributed by atoms with Gasteiger partial charge in [0.05, 0.1) is 18.2 Å². The zero-order chi connectivity index (χ0) is 17.7. The summed E-state index contributed by atoms with van der Waals surface area (Å²) in [5.74, 6) is -2.13. The number of nitrogens with one attached hydrogen (secondary N) is 1. The number of hydrogen-bond acceptors (Lipinski definition) is 6. The van der Waals surface area contributed by atoms with Crippen LogP contribution in [0.25, 0.3) is 0 Å². The van der Waals surface area contributed by atoms with E-state index in [1.54, 1.807) is 11.4 Å². The second-order valence-electron chi connectivity index (χ2n) is 4.66. The fraction of sp³-hybridized carbons (Fsp3) is 0.188. The van der Waals surface area contributed by atoms with Crippen molar-refractivity contribution in [3.05, 3.63) is 46.6 Å². The number of halogens is 1. The number of rotatable bonds is 5. The van der Waals surface area contributed by atoms with Gasteiger partial charge in [-0.15, -0.1) is 11.3 Å². The van der Waals surface area contributed by atoms with Gasteiger partial charge >= 0.3 is 5.97 Å². The van der Waals surface area contributed by atoms with Crippen molar-refractivity contribution in [1.82, 2.24) is 0 Å². The van der Waals surface area contributed by atoms with Gasteiger partial charge in [-0.1, -0.05) is 0 Å². The lowest BCUT2D eigenvalue weighted by Gasteiger charge is -2.13. The number of carbonyl (C=O) groups is 2. The number of benzene rings is 1. The molecule has 2 rings (SSSR count). The standard InChI is InChI=1S/C16H13FN2O4S/c1-9(14(20)19-15-10(8-18)5-6-24-15)23-16(21)12-4-3-11(22-2)7-13(12)17/h3-7,9H,1-2H3,(H,19,20)/t9-/m1/s1. The monoisotopic (exact) mass is 348 g/mol. The quantitative estimate of drug-likeness (QED) is 0.839. The highest BCUT2D eigenvalue weighted by molar-refractivity contribution is 7.14. The summed E-state index contributed by atoms with van der Waals surface area (Å²) < 4.78 is 23.6. The Balaban J connectivity index is 2.03. The average molecular weight is 348 g/mol. The van der Waals surface area contributed by atoms with Crippen molar-refractivity contribution in [3.8, 4) is 11.8 Å². The third-order valence-corrected chi connectivity index (χ3v) is 3.90. The molecule has 1 amide bonds. The van der Waals surface area contributed by atoms with E-state index in [2.05, 4.69) is 5.32 Å². The fourth-order valence-electron chi connectivity index (χ4n) is 1.77. The zero-order valence-electron chi connectivity index (χ0n) is 12.8. The molecule has 1 atom stereocenters. The first-order chi connectivity index (χ1) is 11.5. The number of anilines is 1. The molecule has 0 unspecified atom stereocenters. The van der Waals surface area contributed by atoms with E-state index in [4.69, 9.17) is 14.7 Å². The number of thiophene rings is 1. The molecule has 0 aliphatic heterocycles. The molecule has 0 saturated carbocycles. The smallest absolute Gasteiger partial charge is 0.341 e. The summed E-state index contributed by atoms with van der Waals surface area (Å²) in [6.07, 6.45) is -1.16. The number of nitrogens with zero attached hydrogens (tertiary/aromatic N) is 1. The van der Waals surface area contributed by atoms with Crippen LogP contribution in [-0.4, -0.2) is 25.1 Å². The van der Waals surface area contributed by atoms with Gasteiger partial charge in [-0.3, -0.25) is 4.79 Å². The highest BCUT2D eigenvalue weighted by Gasteiger charge is 2.22. The molecular weight excluding hydrogens is 335 g/mol. The summed E-state index contributed by atoms with van der Waals surface area (Å²) in [6.45, 7) is 1.36. The number of esters is 1. The Labute approximate surface area is 141 Å². The lowest BCUT2D eigenvalue weighted by Crippen LogP contribution is -2.30. The van der Waals surface area contributed by atoms with Gasteiger partial charge in [0.2, 0.25) is 0 Å². The van der Waals surface area contributed by atoms with Crippen molar-refractivity contribution in [1.29, 1.82) is 5.26 Å². The molecule has 0 spiro atoms. The third-order valence-electron chi connectivity index (χ3n) is 3.07. The molecule has 6 nitrogen and oxygen atoms in total. The molecular formula is C16H13FN2O4S. The number of ether oxygens (including phenoxy) is 2. The van der Waals surface area contributed by atoms with Crippen molar-refractivity contribution in [2.45, 2.75) is 13.0 Å². The first-order valence-corrected chi connectivity index (χ1v) is 7.67.